The Labute approximate surface area is 190 Å². The summed E-state index contributed by atoms with van der Waals surface area (Å²) in [5.74, 6) is -0.650. The summed E-state index contributed by atoms with van der Waals surface area (Å²) in [5.41, 5.74) is 0.511. The van der Waals surface area contributed by atoms with Crippen LogP contribution in [0.4, 0.5) is 4.79 Å². The second-order valence-electron chi connectivity index (χ2n) is 9.60. The molecule has 0 unspecified atom stereocenters. The molecule has 1 saturated heterocycles. The number of amides is 3. The molecule has 1 aliphatic rings. The van der Waals surface area contributed by atoms with Gasteiger partial charge in [-0.15, -0.1) is 0 Å². The van der Waals surface area contributed by atoms with E-state index < -0.39 is 29.7 Å². The zero-order valence-corrected chi connectivity index (χ0v) is 19.5. The van der Waals surface area contributed by atoms with Crippen molar-refractivity contribution in [3.8, 4) is 0 Å². The molecule has 0 bridgehead atoms. The number of carbonyl (C=O) groups excluding carboxylic acids is 3. The van der Waals surface area contributed by atoms with Gasteiger partial charge in [-0.2, -0.15) is 0 Å². The fraction of sp³-hybridized carbons (Fsp3) is 0.625. The Bertz CT molecular complexity index is 766. The highest BCUT2D eigenvalue weighted by Crippen LogP contribution is 2.18. The van der Waals surface area contributed by atoms with Crippen LogP contribution in [0.2, 0.25) is 0 Å². The molecule has 3 amide bonds. The predicted molar refractivity (Wildman–Crippen MR) is 122 cm³/mol. The fourth-order valence-electron chi connectivity index (χ4n) is 3.91. The summed E-state index contributed by atoms with van der Waals surface area (Å²) in [6.07, 6.45) is 0.325. The predicted octanol–water partition coefficient (Wildman–Crippen LogP) is 2.15. The fourth-order valence-corrected chi connectivity index (χ4v) is 3.91. The van der Waals surface area contributed by atoms with Gasteiger partial charge in [-0.3, -0.25) is 9.59 Å². The first kappa shape index (κ1) is 25.6. The lowest BCUT2D eigenvalue weighted by molar-refractivity contribution is -0.132. The Hall–Kier alpha value is -2.61. The second kappa shape index (κ2) is 11.9. The molecule has 0 aliphatic carbocycles. The van der Waals surface area contributed by atoms with E-state index in [1.165, 1.54) is 0 Å². The standard InChI is InChI=1S/C24H37N3O5/c1-16(2)12-20(22(30)26-19(15-28)13-18-10-11-25-21(18)29)32-23(31)27-24(3,4)14-17-8-6-5-7-9-17/h5-9,16,18-20,28H,10-15H2,1-4H3,(H,25,29)(H,26,30)(H,27,31)/t18-,19-,20-/m0/s1. The number of rotatable bonds is 11. The van der Waals surface area contributed by atoms with Crippen LogP contribution in [-0.2, 0) is 20.7 Å². The number of aliphatic hydroxyl groups excluding tert-OH is 1. The zero-order valence-electron chi connectivity index (χ0n) is 19.5. The van der Waals surface area contributed by atoms with Crippen molar-refractivity contribution in [3.63, 3.8) is 0 Å². The van der Waals surface area contributed by atoms with Gasteiger partial charge in [0.15, 0.2) is 6.10 Å². The molecule has 1 aromatic rings. The summed E-state index contributed by atoms with van der Waals surface area (Å²) < 4.78 is 5.51. The number of aliphatic hydroxyl groups is 1. The lowest BCUT2D eigenvalue weighted by Gasteiger charge is -2.28. The van der Waals surface area contributed by atoms with Gasteiger partial charge in [-0.1, -0.05) is 44.2 Å². The third kappa shape index (κ3) is 8.49. The quantitative estimate of drug-likeness (QED) is 0.415. The summed E-state index contributed by atoms with van der Waals surface area (Å²) in [7, 11) is 0. The van der Waals surface area contributed by atoms with E-state index in [9.17, 15) is 19.5 Å². The van der Waals surface area contributed by atoms with Gasteiger partial charge in [0, 0.05) is 18.0 Å². The first-order valence-corrected chi connectivity index (χ1v) is 11.3. The SMILES string of the molecule is CC(C)C[C@H](OC(=O)NC(C)(C)Cc1ccccc1)C(=O)N[C@H](CO)C[C@@H]1CCNC1=O. The van der Waals surface area contributed by atoms with Gasteiger partial charge in [-0.05, 0) is 51.0 Å². The van der Waals surface area contributed by atoms with Crippen molar-refractivity contribution in [1.29, 1.82) is 0 Å². The number of ether oxygens (including phenoxy) is 1. The van der Waals surface area contributed by atoms with E-state index >= 15 is 0 Å². The molecule has 8 nitrogen and oxygen atoms in total. The molecule has 1 aromatic carbocycles. The van der Waals surface area contributed by atoms with Crippen molar-refractivity contribution < 1.29 is 24.2 Å². The molecule has 4 N–H and O–H groups in total. The number of hydrogen-bond acceptors (Lipinski definition) is 5. The average molecular weight is 448 g/mol. The van der Waals surface area contributed by atoms with E-state index in [0.29, 0.717) is 32.2 Å². The average Bonchev–Trinajstić information content (AvgIpc) is 3.10. The van der Waals surface area contributed by atoms with Crippen molar-refractivity contribution in [2.45, 2.75) is 71.1 Å². The monoisotopic (exact) mass is 447 g/mol. The molecule has 1 fully saturated rings. The van der Waals surface area contributed by atoms with Gasteiger partial charge in [0.1, 0.15) is 0 Å². The van der Waals surface area contributed by atoms with E-state index in [0.717, 1.165) is 5.56 Å². The van der Waals surface area contributed by atoms with Crippen LogP contribution in [0.3, 0.4) is 0 Å². The highest BCUT2D eigenvalue weighted by Gasteiger charge is 2.31. The van der Waals surface area contributed by atoms with E-state index in [2.05, 4.69) is 16.0 Å². The Morgan fingerprint density at radius 1 is 1.25 bits per heavy atom. The van der Waals surface area contributed by atoms with E-state index in [-0.39, 0.29) is 24.3 Å². The van der Waals surface area contributed by atoms with Crippen LogP contribution in [0.15, 0.2) is 30.3 Å². The van der Waals surface area contributed by atoms with Crippen molar-refractivity contribution in [2.75, 3.05) is 13.2 Å². The maximum Gasteiger partial charge on any atom is 0.408 e. The molecule has 32 heavy (non-hydrogen) atoms. The smallest absolute Gasteiger partial charge is 0.408 e. The minimum atomic E-state index is -0.992. The van der Waals surface area contributed by atoms with Gasteiger partial charge in [-0.25, -0.2) is 4.79 Å². The van der Waals surface area contributed by atoms with E-state index in [4.69, 9.17) is 4.74 Å². The number of carbonyl (C=O) groups is 3. The third-order valence-corrected chi connectivity index (χ3v) is 5.46. The maximum absolute atomic E-state index is 12.9. The first-order valence-electron chi connectivity index (χ1n) is 11.3. The minimum Gasteiger partial charge on any atom is -0.436 e. The molecule has 1 heterocycles. The topological polar surface area (TPSA) is 117 Å². The number of hydrogen-bond donors (Lipinski definition) is 4. The molecule has 3 atom stereocenters. The van der Waals surface area contributed by atoms with Gasteiger partial charge in [0.05, 0.1) is 12.6 Å². The number of alkyl carbamates (subject to hydrolysis) is 1. The molecule has 0 aromatic heterocycles. The normalized spacial score (nSPS) is 18.1. The van der Waals surface area contributed by atoms with Crippen molar-refractivity contribution in [1.82, 2.24) is 16.0 Å². The summed E-state index contributed by atoms with van der Waals surface area (Å²) in [6.45, 7) is 7.98. The van der Waals surface area contributed by atoms with Crippen LogP contribution in [0.25, 0.3) is 0 Å². The summed E-state index contributed by atoms with van der Waals surface area (Å²) in [4.78, 5) is 37.3. The molecule has 0 radical (unpaired) electrons. The van der Waals surface area contributed by atoms with Crippen molar-refractivity contribution in [3.05, 3.63) is 35.9 Å². The molecule has 0 saturated carbocycles. The Balaban J connectivity index is 1.95. The molecule has 1 aliphatic heterocycles. The highest BCUT2D eigenvalue weighted by atomic mass is 16.6. The molecule has 178 valence electrons. The lowest BCUT2D eigenvalue weighted by Crippen LogP contribution is -2.50. The van der Waals surface area contributed by atoms with Crippen LogP contribution >= 0.6 is 0 Å². The molecular formula is C24H37N3O5. The van der Waals surface area contributed by atoms with Crippen LogP contribution in [0.1, 0.15) is 52.5 Å². The maximum atomic E-state index is 12.9. The van der Waals surface area contributed by atoms with Crippen LogP contribution in [0, 0.1) is 11.8 Å². The van der Waals surface area contributed by atoms with Crippen LogP contribution in [0.5, 0.6) is 0 Å². The highest BCUT2D eigenvalue weighted by molar-refractivity contribution is 5.84. The van der Waals surface area contributed by atoms with E-state index in [1.807, 2.05) is 58.0 Å². The first-order chi connectivity index (χ1) is 15.1. The summed E-state index contributed by atoms with van der Waals surface area (Å²) >= 11 is 0. The van der Waals surface area contributed by atoms with Gasteiger partial charge in [0.25, 0.3) is 5.91 Å². The lowest BCUT2D eigenvalue weighted by atomic mass is 9.95. The van der Waals surface area contributed by atoms with Crippen LogP contribution < -0.4 is 16.0 Å². The molecule has 8 heteroatoms. The second-order valence-corrected chi connectivity index (χ2v) is 9.60. The number of nitrogens with one attached hydrogen (secondary N) is 3. The van der Waals surface area contributed by atoms with Gasteiger partial charge >= 0.3 is 6.09 Å². The summed E-state index contributed by atoms with van der Waals surface area (Å²) in [6, 6.07) is 9.23. The summed E-state index contributed by atoms with van der Waals surface area (Å²) in [5, 5.41) is 18.1. The zero-order chi connectivity index (χ0) is 23.7. The number of benzene rings is 1. The third-order valence-electron chi connectivity index (χ3n) is 5.46. The molecule has 2 rings (SSSR count). The Kier molecular flexibility index (Phi) is 9.50. The van der Waals surface area contributed by atoms with Gasteiger partial charge in [0.2, 0.25) is 5.91 Å². The Morgan fingerprint density at radius 3 is 2.50 bits per heavy atom. The van der Waals surface area contributed by atoms with Crippen LogP contribution in [-0.4, -0.2) is 53.9 Å². The van der Waals surface area contributed by atoms with Crippen molar-refractivity contribution >= 4 is 17.9 Å². The largest absolute Gasteiger partial charge is 0.436 e. The van der Waals surface area contributed by atoms with E-state index in [1.54, 1.807) is 0 Å². The Morgan fingerprint density at radius 2 is 1.94 bits per heavy atom. The molecular weight excluding hydrogens is 410 g/mol. The minimum absolute atomic E-state index is 0.0623. The molecule has 0 spiro atoms. The van der Waals surface area contributed by atoms with Crippen molar-refractivity contribution in [2.24, 2.45) is 11.8 Å². The van der Waals surface area contributed by atoms with Gasteiger partial charge < -0.3 is 25.8 Å².